The fraction of sp³-hybridized carbons (Fsp3) is 0.200. The minimum absolute atomic E-state index is 0.0483. The Morgan fingerprint density at radius 2 is 1.90 bits per heavy atom. The maximum Gasteiger partial charge on any atom is 0.417 e. The summed E-state index contributed by atoms with van der Waals surface area (Å²) >= 11 is 0. The second-order valence-electron chi connectivity index (χ2n) is 6.41. The van der Waals surface area contributed by atoms with Gasteiger partial charge in [0.15, 0.2) is 5.96 Å². The average Bonchev–Trinajstić information content (AvgIpc) is 3.16. The number of carbonyl (C=O) groups excluding carboxylic acids is 1. The van der Waals surface area contributed by atoms with E-state index in [0.29, 0.717) is 6.54 Å². The minimum atomic E-state index is -4.61. The zero-order chi connectivity index (χ0) is 21.9. The van der Waals surface area contributed by atoms with Crippen LogP contribution in [0.25, 0.3) is 10.9 Å². The van der Waals surface area contributed by atoms with Crippen LogP contribution in [-0.4, -0.2) is 23.9 Å². The molecule has 0 saturated heterocycles. The monoisotopic (exact) mass is 419 g/mol. The van der Waals surface area contributed by atoms with Gasteiger partial charge in [-0.2, -0.15) is 13.2 Å². The molecule has 1 amide bonds. The molecule has 3 rings (SSSR count). The average molecular weight is 419 g/mol. The number of amides is 1. The van der Waals surface area contributed by atoms with Crippen LogP contribution in [0.4, 0.5) is 13.2 Å². The van der Waals surface area contributed by atoms with E-state index in [2.05, 4.69) is 15.3 Å². The first-order chi connectivity index (χ1) is 14.2. The molecule has 0 aliphatic heterocycles. The summed E-state index contributed by atoms with van der Waals surface area (Å²) in [6, 6.07) is 10.6. The molecule has 0 atom stereocenters. The van der Waals surface area contributed by atoms with E-state index in [1.165, 1.54) is 13.1 Å². The van der Waals surface area contributed by atoms with Gasteiger partial charge in [-0.3, -0.25) is 15.1 Å². The van der Waals surface area contributed by atoms with Gasteiger partial charge in [0, 0.05) is 19.0 Å². The minimum Gasteiger partial charge on any atom is -0.487 e. The number of alkyl halides is 3. The largest absolute Gasteiger partial charge is 0.487 e. The van der Waals surface area contributed by atoms with Crippen LogP contribution in [0.1, 0.15) is 27.2 Å². The summed E-state index contributed by atoms with van der Waals surface area (Å²) in [4.78, 5) is 18.6. The molecule has 0 fully saturated rings. The molecule has 1 heterocycles. The molecule has 0 unspecified atom stereocenters. The molecular weight excluding hydrogens is 399 g/mol. The Bertz CT molecular complexity index is 1110. The van der Waals surface area contributed by atoms with E-state index in [4.69, 9.17) is 16.2 Å². The molecule has 3 aromatic rings. The van der Waals surface area contributed by atoms with E-state index in [1.807, 2.05) is 24.3 Å². The van der Waals surface area contributed by atoms with Gasteiger partial charge in [0.05, 0.1) is 11.1 Å². The van der Waals surface area contributed by atoms with Gasteiger partial charge in [0.1, 0.15) is 18.1 Å². The Morgan fingerprint density at radius 3 is 2.53 bits per heavy atom. The smallest absolute Gasteiger partial charge is 0.417 e. The highest BCUT2D eigenvalue weighted by atomic mass is 19.4. The molecule has 6 N–H and O–H groups in total. The van der Waals surface area contributed by atoms with Crippen LogP contribution < -0.4 is 21.5 Å². The van der Waals surface area contributed by atoms with Gasteiger partial charge in [-0.25, -0.2) is 0 Å². The van der Waals surface area contributed by atoms with Gasteiger partial charge in [0.25, 0.3) is 5.91 Å². The lowest BCUT2D eigenvalue weighted by Crippen LogP contribution is -2.36. The Balaban J connectivity index is 2.01. The fourth-order valence-electron chi connectivity index (χ4n) is 2.98. The number of aromatic nitrogens is 1. The van der Waals surface area contributed by atoms with Crippen molar-refractivity contribution in [1.29, 1.82) is 0 Å². The lowest BCUT2D eigenvalue weighted by molar-refractivity contribution is -0.136. The molecule has 0 aliphatic carbocycles. The summed E-state index contributed by atoms with van der Waals surface area (Å²) in [5.41, 5.74) is 11.9. The molecule has 0 radical (unpaired) electrons. The molecule has 1 aromatic heterocycles. The number of nitrogens with one attached hydrogen (secondary N) is 2. The van der Waals surface area contributed by atoms with Crippen molar-refractivity contribution in [3.8, 4) is 5.75 Å². The third-order valence-electron chi connectivity index (χ3n) is 4.51. The van der Waals surface area contributed by atoms with Crippen LogP contribution in [0.3, 0.4) is 0 Å². The van der Waals surface area contributed by atoms with E-state index in [9.17, 15) is 18.0 Å². The zero-order valence-corrected chi connectivity index (χ0v) is 16.0. The predicted octanol–water partition coefficient (Wildman–Crippen LogP) is 2.90. The number of aliphatic imine (C=N–C) groups is 1. The number of fused-ring (bicyclic) bond motifs is 1. The highest BCUT2D eigenvalue weighted by Crippen LogP contribution is 2.38. The van der Waals surface area contributed by atoms with Crippen molar-refractivity contribution < 1.29 is 22.7 Å². The number of benzene rings is 2. The number of halogens is 3. The molecule has 0 saturated carbocycles. The first-order valence-electron chi connectivity index (χ1n) is 8.90. The quantitative estimate of drug-likeness (QED) is 0.376. The number of nitrogens with two attached hydrogens (primary N) is 2. The van der Waals surface area contributed by atoms with E-state index in [1.54, 1.807) is 0 Å². The normalized spacial score (nSPS) is 12.2. The SMILES string of the molecule is CN=C(N)NC(=O)c1cc2c(C(F)(F)F)ccc(OCc3ccccc3CN)c2[nH]1. The topological polar surface area (TPSA) is 119 Å². The number of hydrogen-bond donors (Lipinski definition) is 4. The molecular formula is C20H20F3N5O2. The molecule has 0 aliphatic rings. The number of guanidine groups is 1. The number of rotatable bonds is 5. The second-order valence-corrected chi connectivity index (χ2v) is 6.41. The van der Waals surface area contributed by atoms with Crippen molar-refractivity contribution in [2.45, 2.75) is 19.3 Å². The molecule has 7 nitrogen and oxygen atoms in total. The third-order valence-corrected chi connectivity index (χ3v) is 4.51. The van der Waals surface area contributed by atoms with Gasteiger partial charge in [0.2, 0.25) is 0 Å². The fourth-order valence-corrected chi connectivity index (χ4v) is 2.98. The van der Waals surface area contributed by atoms with Gasteiger partial charge in [-0.15, -0.1) is 0 Å². The van der Waals surface area contributed by atoms with Gasteiger partial charge < -0.3 is 21.2 Å². The predicted molar refractivity (Wildman–Crippen MR) is 107 cm³/mol. The van der Waals surface area contributed by atoms with Crippen LogP contribution >= 0.6 is 0 Å². The van der Waals surface area contributed by atoms with Crippen molar-refractivity contribution in [2.24, 2.45) is 16.5 Å². The van der Waals surface area contributed by atoms with Crippen molar-refractivity contribution >= 4 is 22.8 Å². The van der Waals surface area contributed by atoms with Gasteiger partial charge in [-0.05, 0) is 29.3 Å². The zero-order valence-electron chi connectivity index (χ0n) is 16.0. The van der Waals surface area contributed by atoms with E-state index in [0.717, 1.165) is 23.3 Å². The molecule has 0 spiro atoms. The Kier molecular flexibility index (Phi) is 5.97. The summed E-state index contributed by atoms with van der Waals surface area (Å²) in [5.74, 6) is -0.715. The van der Waals surface area contributed by atoms with Crippen LogP contribution in [0.5, 0.6) is 5.75 Å². The van der Waals surface area contributed by atoms with Crippen molar-refractivity contribution in [2.75, 3.05) is 7.05 Å². The summed E-state index contributed by atoms with van der Waals surface area (Å²) in [6.07, 6.45) is -4.61. The van der Waals surface area contributed by atoms with Gasteiger partial charge >= 0.3 is 6.18 Å². The van der Waals surface area contributed by atoms with Crippen LogP contribution in [0, 0.1) is 0 Å². The first-order valence-corrected chi connectivity index (χ1v) is 8.90. The second kappa shape index (κ2) is 8.46. The van der Waals surface area contributed by atoms with Crippen molar-refractivity contribution in [3.05, 3.63) is 64.8 Å². The van der Waals surface area contributed by atoms with Crippen molar-refractivity contribution in [3.63, 3.8) is 0 Å². The number of H-pyrrole nitrogens is 1. The Labute approximate surface area is 169 Å². The van der Waals surface area contributed by atoms with Gasteiger partial charge in [-0.1, -0.05) is 24.3 Å². The first kappa shape index (κ1) is 21.2. The van der Waals surface area contributed by atoms with Crippen molar-refractivity contribution in [1.82, 2.24) is 10.3 Å². The summed E-state index contributed by atoms with van der Waals surface area (Å²) < 4.78 is 46.2. The highest BCUT2D eigenvalue weighted by Gasteiger charge is 2.34. The standard InChI is InChI=1S/C20H20F3N5O2/c1-26-19(25)28-18(29)15-8-13-14(20(21,22)23)6-7-16(17(13)27-15)30-10-12-5-3-2-4-11(12)9-24/h2-8,27H,9-10,24H2,1H3,(H3,25,26,28,29). The van der Waals surface area contributed by atoms with Crippen LogP contribution in [0.2, 0.25) is 0 Å². The molecule has 30 heavy (non-hydrogen) atoms. The lowest BCUT2D eigenvalue weighted by Gasteiger charge is -2.13. The molecule has 10 heteroatoms. The summed E-state index contributed by atoms with van der Waals surface area (Å²) in [6.45, 7) is 0.402. The number of carbonyl (C=O) groups is 1. The Morgan fingerprint density at radius 1 is 1.20 bits per heavy atom. The van der Waals surface area contributed by atoms with E-state index < -0.39 is 17.6 Å². The summed E-state index contributed by atoms with van der Waals surface area (Å²) in [5, 5.41) is 2.09. The number of nitrogens with zero attached hydrogens (tertiary/aromatic N) is 1. The summed E-state index contributed by atoms with van der Waals surface area (Å²) in [7, 11) is 1.37. The van der Waals surface area contributed by atoms with Crippen LogP contribution in [-0.2, 0) is 19.3 Å². The lowest BCUT2D eigenvalue weighted by atomic mass is 10.1. The number of aromatic amines is 1. The molecule has 158 valence electrons. The van der Waals surface area contributed by atoms with E-state index >= 15 is 0 Å². The molecule has 2 aromatic carbocycles. The number of hydrogen-bond acceptors (Lipinski definition) is 4. The maximum absolute atomic E-state index is 13.5. The number of ether oxygens (including phenoxy) is 1. The highest BCUT2D eigenvalue weighted by molar-refractivity contribution is 6.07. The Hall–Kier alpha value is -3.53. The van der Waals surface area contributed by atoms with E-state index in [-0.39, 0.29) is 34.9 Å². The maximum atomic E-state index is 13.5. The van der Waals surface area contributed by atoms with Crippen LogP contribution in [0.15, 0.2) is 47.5 Å². The molecule has 0 bridgehead atoms. The third kappa shape index (κ3) is 4.38.